The Labute approximate surface area is 258 Å². The number of pyridine rings is 3. The van der Waals surface area contributed by atoms with Crippen LogP contribution in [0.3, 0.4) is 0 Å². The number of sulfone groups is 1. The zero-order chi connectivity index (χ0) is 31.3. The van der Waals surface area contributed by atoms with E-state index in [9.17, 15) is 18.0 Å². The van der Waals surface area contributed by atoms with Gasteiger partial charge in [-0.15, -0.1) is 0 Å². The van der Waals surface area contributed by atoms with E-state index in [0.717, 1.165) is 30.1 Å². The van der Waals surface area contributed by atoms with E-state index in [0.29, 0.717) is 25.2 Å². The van der Waals surface area contributed by atoms with Crippen molar-refractivity contribution >= 4 is 44.2 Å². The molecule has 5 heterocycles. The van der Waals surface area contributed by atoms with Crippen molar-refractivity contribution in [2.24, 2.45) is 0 Å². The molecule has 0 aromatic carbocycles. The molecule has 44 heavy (non-hydrogen) atoms. The van der Waals surface area contributed by atoms with Crippen LogP contribution in [-0.4, -0.2) is 75.7 Å². The number of hydrogen-bond donors (Lipinski definition) is 0. The molecule has 1 atom stereocenters. The highest BCUT2D eigenvalue weighted by Crippen LogP contribution is 2.41. The number of carbonyl (C=O) groups is 1. The van der Waals surface area contributed by atoms with Crippen LogP contribution < -0.4 is 10.6 Å². The molecule has 11 nitrogen and oxygen atoms in total. The molecule has 14 heteroatoms. The van der Waals surface area contributed by atoms with Gasteiger partial charge in [0, 0.05) is 56.1 Å². The van der Waals surface area contributed by atoms with Crippen LogP contribution in [0.4, 0.5) is 10.2 Å². The molecule has 1 amide bonds. The summed E-state index contributed by atoms with van der Waals surface area (Å²) in [6.07, 6.45) is 9.07. The lowest BCUT2D eigenvalue weighted by atomic mass is 9.80. The Hall–Kier alpha value is -4.23. The van der Waals surface area contributed by atoms with Crippen molar-refractivity contribution in [1.29, 1.82) is 0 Å². The fraction of sp³-hybridized carbons (Fsp3) is 0.333. The van der Waals surface area contributed by atoms with Crippen LogP contribution in [0.15, 0.2) is 59.1 Å². The van der Waals surface area contributed by atoms with Crippen molar-refractivity contribution in [2.45, 2.75) is 43.0 Å². The number of aromatic nitrogens is 5. The van der Waals surface area contributed by atoms with Crippen molar-refractivity contribution in [3.8, 4) is 16.9 Å². The number of piperazine rings is 1. The van der Waals surface area contributed by atoms with Gasteiger partial charge in [-0.05, 0) is 55.5 Å². The number of carbonyl (C=O) groups excluding carboxylic acids is 1. The zero-order valence-corrected chi connectivity index (χ0v) is 25.6. The first-order valence-electron chi connectivity index (χ1n) is 14.1. The molecule has 228 valence electrons. The van der Waals surface area contributed by atoms with Gasteiger partial charge in [0.2, 0.25) is 5.91 Å². The Morgan fingerprint density at radius 1 is 1.20 bits per heavy atom. The van der Waals surface area contributed by atoms with Crippen LogP contribution in [0.2, 0.25) is 5.15 Å². The predicted molar refractivity (Wildman–Crippen MR) is 164 cm³/mol. The first kappa shape index (κ1) is 29.8. The van der Waals surface area contributed by atoms with E-state index >= 15 is 4.39 Å². The minimum absolute atomic E-state index is 0.00444. The predicted octanol–water partition coefficient (Wildman–Crippen LogP) is 3.92. The molecule has 0 bridgehead atoms. The summed E-state index contributed by atoms with van der Waals surface area (Å²) in [5.74, 6) is -0.796. The number of halogens is 2. The molecule has 6 rings (SSSR count). The van der Waals surface area contributed by atoms with Crippen LogP contribution in [0, 0.1) is 5.82 Å². The number of amides is 1. The van der Waals surface area contributed by atoms with Gasteiger partial charge in [-0.3, -0.25) is 9.78 Å². The summed E-state index contributed by atoms with van der Waals surface area (Å²) >= 11 is 6.34. The maximum absolute atomic E-state index is 16.0. The maximum Gasteiger partial charge on any atom is 0.355 e. The Morgan fingerprint density at radius 2 is 1.98 bits per heavy atom. The summed E-state index contributed by atoms with van der Waals surface area (Å²) in [7, 11) is -3.88. The first-order valence-corrected chi connectivity index (χ1v) is 16.4. The van der Waals surface area contributed by atoms with Gasteiger partial charge in [0.25, 0.3) is 0 Å². The summed E-state index contributed by atoms with van der Waals surface area (Å²) < 4.78 is 43.3. The van der Waals surface area contributed by atoms with Crippen LogP contribution in [0.25, 0.3) is 28.0 Å². The molecule has 0 unspecified atom stereocenters. The molecule has 0 N–H and O–H groups in total. The molecule has 0 spiro atoms. The van der Waals surface area contributed by atoms with Gasteiger partial charge in [-0.1, -0.05) is 24.6 Å². The van der Waals surface area contributed by atoms with Crippen molar-refractivity contribution in [2.75, 3.05) is 30.8 Å². The number of nitrogens with zero attached hydrogens (tertiary/aromatic N) is 7. The molecule has 2 aliphatic rings. The van der Waals surface area contributed by atoms with E-state index in [-0.39, 0.29) is 61.7 Å². The van der Waals surface area contributed by atoms with Crippen LogP contribution in [-0.2, 0) is 14.6 Å². The zero-order valence-electron chi connectivity index (χ0n) is 24.1. The Morgan fingerprint density at radius 3 is 2.61 bits per heavy atom. The minimum Gasteiger partial charge on any atom is -0.350 e. The second-order valence-corrected chi connectivity index (χ2v) is 13.4. The van der Waals surface area contributed by atoms with Crippen molar-refractivity contribution in [1.82, 2.24) is 29.4 Å². The third-order valence-electron chi connectivity index (χ3n) is 8.28. The molecule has 1 saturated heterocycles. The van der Waals surface area contributed by atoms with Crippen LogP contribution in [0.1, 0.15) is 37.7 Å². The van der Waals surface area contributed by atoms with Gasteiger partial charge in [0.15, 0.2) is 15.5 Å². The largest absolute Gasteiger partial charge is 0.355 e. The van der Waals surface area contributed by atoms with Crippen molar-refractivity contribution in [3.05, 3.63) is 76.5 Å². The average Bonchev–Trinajstić information content (AvgIpc) is 2.95. The maximum atomic E-state index is 16.0. The van der Waals surface area contributed by atoms with Gasteiger partial charge < -0.3 is 9.80 Å². The first-order chi connectivity index (χ1) is 21.0. The third kappa shape index (κ3) is 5.13. The SMILES string of the molecule is C=CC(=O)N1CCN(c2nc(=O)n(-c3c(C4CCC4)cncc3S(C)(=O)=O)c3nc(-c4cccnc4Cl)c(F)cc23)[C@@H](C)C1. The Kier molecular flexibility index (Phi) is 7.70. The van der Waals surface area contributed by atoms with E-state index in [1.54, 1.807) is 23.2 Å². The summed E-state index contributed by atoms with van der Waals surface area (Å²) in [6, 6.07) is 4.08. The second kappa shape index (κ2) is 11.4. The minimum atomic E-state index is -3.88. The van der Waals surface area contributed by atoms with Gasteiger partial charge in [0.1, 0.15) is 27.4 Å². The normalized spacial score (nSPS) is 17.5. The number of hydrogen-bond acceptors (Lipinski definition) is 9. The number of rotatable bonds is 6. The Bertz CT molecular complexity index is 2000. The average molecular weight is 638 g/mol. The molecule has 4 aromatic rings. The molecule has 1 aliphatic carbocycles. The van der Waals surface area contributed by atoms with E-state index < -0.39 is 21.3 Å². The summed E-state index contributed by atoms with van der Waals surface area (Å²) in [6.45, 7) is 6.39. The van der Waals surface area contributed by atoms with Gasteiger partial charge >= 0.3 is 5.69 Å². The summed E-state index contributed by atoms with van der Waals surface area (Å²) in [5.41, 5.74) is -0.0519. The van der Waals surface area contributed by atoms with E-state index in [2.05, 4.69) is 26.5 Å². The van der Waals surface area contributed by atoms with Gasteiger partial charge in [-0.2, -0.15) is 4.98 Å². The van der Waals surface area contributed by atoms with Crippen molar-refractivity contribution < 1.29 is 17.6 Å². The molecule has 2 fully saturated rings. The van der Waals surface area contributed by atoms with Gasteiger partial charge in [0.05, 0.1) is 11.1 Å². The lowest BCUT2D eigenvalue weighted by Crippen LogP contribution is -2.54. The Balaban J connectivity index is 1.67. The topological polar surface area (TPSA) is 131 Å². The highest BCUT2D eigenvalue weighted by molar-refractivity contribution is 7.90. The number of anilines is 1. The molecule has 1 aliphatic heterocycles. The second-order valence-electron chi connectivity index (χ2n) is 11.1. The highest BCUT2D eigenvalue weighted by Gasteiger charge is 2.33. The lowest BCUT2D eigenvalue weighted by molar-refractivity contribution is -0.126. The lowest BCUT2D eigenvalue weighted by Gasteiger charge is -2.40. The monoisotopic (exact) mass is 637 g/mol. The quantitative estimate of drug-likeness (QED) is 0.228. The van der Waals surface area contributed by atoms with Crippen molar-refractivity contribution in [3.63, 3.8) is 0 Å². The summed E-state index contributed by atoms with van der Waals surface area (Å²) in [5, 5.41) is 0.200. The number of fused-ring (bicyclic) bond motifs is 1. The van der Waals surface area contributed by atoms with Crippen LogP contribution in [0.5, 0.6) is 0 Å². The van der Waals surface area contributed by atoms with Gasteiger partial charge in [-0.25, -0.2) is 32.1 Å². The smallest absolute Gasteiger partial charge is 0.350 e. The molecular formula is C30H29ClFN7O4S. The molecule has 0 radical (unpaired) electrons. The fourth-order valence-electron chi connectivity index (χ4n) is 5.86. The highest BCUT2D eigenvalue weighted by atomic mass is 35.5. The molecule has 1 saturated carbocycles. The molecule has 4 aromatic heterocycles. The van der Waals surface area contributed by atoms with Crippen LogP contribution >= 0.6 is 11.6 Å². The summed E-state index contributed by atoms with van der Waals surface area (Å²) in [4.78, 5) is 47.1. The van der Waals surface area contributed by atoms with E-state index in [1.807, 2.05) is 11.8 Å². The molecular weight excluding hydrogens is 609 g/mol. The van der Waals surface area contributed by atoms with E-state index in [1.165, 1.54) is 24.5 Å². The fourth-order valence-corrected chi connectivity index (χ4v) is 6.88. The third-order valence-corrected chi connectivity index (χ3v) is 9.68. The standard InChI is InChI=1S/C30H29ClFN7O4S/c1-4-24(40)37-11-12-38(17(2)16-37)28-20-13-22(32)25(19-9-6-10-34-27(19)31)35-29(20)39(30(41)36-28)26-21(18-7-5-8-18)14-33-15-23(26)44(3,42)43/h4,6,9-10,13-15,17-18H,1,5,7-8,11-12,16H2,2-3H3/t17-/m0/s1. The van der Waals surface area contributed by atoms with E-state index in [4.69, 9.17) is 11.6 Å².